The van der Waals surface area contributed by atoms with Gasteiger partial charge in [-0.25, -0.2) is 4.39 Å². The Morgan fingerprint density at radius 2 is 2.08 bits per heavy atom. The average molecular weight is 355 g/mol. The van der Waals surface area contributed by atoms with Gasteiger partial charge in [0.15, 0.2) is 0 Å². The number of carbonyl (C=O) groups excluding carboxylic acids is 1. The number of rotatable bonds is 4. The molecule has 1 aromatic carbocycles. The Morgan fingerprint density at radius 1 is 1.33 bits per heavy atom. The van der Waals surface area contributed by atoms with Crippen molar-refractivity contribution in [2.24, 2.45) is 5.92 Å². The zero-order valence-electron chi connectivity index (χ0n) is 13.2. The van der Waals surface area contributed by atoms with Crippen LogP contribution in [0.15, 0.2) is 18.2 Å². The van der Waals surface area contributed by atoms with Crippen molar-refractivity contribution in [3.63, 3.8) is 0 Å². The second kappa shape index (κ2) is 7.07. The van der Waals surface area contributed by atoms with Gasteiger partial charge in [-0.3, -0.25) is 14.5 Å². The molecule has 2 aliphatic rings. The summed E-state index contributed by atoms with van der Waals surface area (Å²) >= 11 is 5.71. The molecule has 1 amide bonds. The van der Waals surface area contributed by atoms with Crippen LogP contribution >= 0.6 is 11.6 Å². The number of nitrogens with one attached hydrogen (secondary N) is 1. The van der Waals surface area contributed by atoms with E-state index in [1.165, 1.54) is 18.2 Å². The van der Waals surface area contributed by atoms with Crippen LogP contribution < -0.4 is 5.32 Å². The molecule has 2 fully saturated rings. The van der Waals surface area contributed by atoms with Gasteiger partial charge in [0, 0.05) is 11.7 Å². The molecule has 3 atom stereocenters. The topological polar surface area (TPSA) is 69.6 Å². The Labute approximate surface area is 144 Å². The molecule has 1 aliphatic carbocycles. The van der Waals surface area contributed by atoms with E-state index < -0.39 is 17.8 Å². The molecule has 7 heteroatoms. The Bertz CT molecular complexity index is 655. The Kier molecular flexibility index (Phi) is 5.06. The number of fused-ring (bicyclic) bond motifs is 1. The third kappa shape index (κ3) is 3.54. The van der Waals surface area contributed by atoms with E-state index in [4.69, 9.17) is 11.6 Å². The molecule has 3 rings (SSSR count). The number of amides is 1. The van der Waals surface area contributed by atoms with Crippen LogP contribution in [0.5, 0.6) is 0 Å². The highest BCUT2D eigenvalue weighted by Gasteiger charge is 2.45. The monoisotopic (exact) mass is 354 g/mol. The van der Waals surface area contributed by atoms with Crippen molar-refractivity contribution in [2.75, 3.05) is 11.9 Å². The van der Waals surface area contributed by atoms with Crippen LogP contribution in [-0.2, 0) is 9.59 Å². The van der Waals surface area contributed by atoms with E-state index in [-0.39, 0.29) is 23.5 Å². The summed E-state index contributed by atoms with van der Waals surface area (Å²) in [6.07, 6.45) is 4.76. The van der Waals surface area contributed by atoms with Crippen molar-refractivity contribution in [1.29, 1.82) is 0 Å². The van der Waals surface area contributed by atoms with Crippen molar-refractivity contribution in [1.82, 2.24) is 4.90 Å². The minimum atomic E-state index is -0.873. The number of benzene rings is 1. The van der Waals surface area contributed by atoms with Gasteiger partial charge in [0.05, 0.1) is 11.6 Å². The summed E-state index contributed by atoms with van der Waals surface area (Å²) in [5.74, 6) is -1.38. The maximum atomic E-state index is 13.2. The summed E-state index contributed by atoms with van der Waals surface area (Å²) in [7, 11) is 0. The van der Waals surface area contributed by atoms with Crippen LogP contribution in [0.2, 0.25) is 5.02 Å². The molecule has 130 valence electrons. The van der Waals surface area contributed by atoms with Gasteiger partial charge in [0.25, 0.3) is 0 Å². The number of hydrogen-bond acceptors (Lipinski definition) is 3. The summed E-state index contributed by atoms with van der Waals surface area (Å²) in [5, 5.41) is 12.1. The number of carboxylic acid groups (broad SMARTS) is 1. The number of aliphatic carboxylic acids is 1. The lowest BCUT2D eigenvalue weighted by atomic mass is 9.85. The fraction of sp³-hybridized carbons (Fsp3) is 0.529. The summed E-state index contributed by atoms with van der Waals surface area (Å²) in [5.41, 5.74) is 0.401. The Hall–Kier alpha value is -1.66. The van der Waals surface area contributed by atoms with Gasteiger partial charge >= 0.3 is 5.97 Å². The molecule has 0 radical (unpaired) electrons. The molecule has 1 aliphatic heterocycles. The van der Waals surface area contributed by atoms with Gasteiger partial charge in [-0.2, -0.15) is 0 Å². The number of nitrogens with zero attached hydrogens (tertiary/aromatic N) is 1. The van der Waals surface area contributed by atoms with Gasteiger partial charge in [-0.15, -0.1) is 0 Å². The van der Waals surface area contributed by atoms with Crippen LogP contribution in [0.3, 0.4) is 0 Å². The third-order valence-electron chi connectivity index (χ3n) is 5.04. The molecule has 1 heterocycles. The van der Waals surface area contributed by atoms with E-state index in [0.717, 1.165) is 25.7 Å². The molecule has 0 spiro atoms. The molecule has 24 heavy (non-hydrogen) atoms. The first kappa shape index (κ1) is 17.2. The van der Waals surface area contributed by atoms with Crippen molar-refractivity contribution in [3.05, 3.63) is 29.0 Å². The zero-order valence-corrected chi connectivity index (χ0v) is 13.9. The molecular weight excluding hydrogens is 335 g/mol. The first-order valence-corrected chi connectivity index (χ1v) is 8.57. The normalized spacial score (nSPS) is 26.8. The van der Waals surface area contributed by atoms with Crippen LogP contribution in [0.1, 0.15) is 32.1 Å². The highest BCUT2D eigenvalue weighted by Crippen LogP contribution is 2.39. The van der Waals surface area contributed by atoms with Gasteiger partial charge in [-0.1, -0.05) is 24.4 Å². The van der Waals surface area contributed by atoms with E-state index in [0.29, 0.717) is 18.0 Å². The van der Waals surface area contributed by atoms with Gasteiger partial charge in [0.1, 0.15) is 11.9 Å². The largest absolute Gasteiger partial charge is 0.480 e. The molecule has 1 saturated heterocycles. The molecule has 2 N–H and O–H groups in total. The van der Waals surface area contributed by atoms with E-state index in [1.54, 1.807) is 0 Å². The highest BCUT2D eigenvalue weighted by molar-refractivity contribution is 6.31. The summed E-state index contributed by atoms with van der Waals surface area (Å²) in [6, 6.07) is 3.51. The van der Waals surface area contributed by atoms with Crippen LogP contribution in [0.4, 0.5) is 10.1 Å². The minimum Gasteiger partial charge on any atom is -0.480 e. The number of carbonyl (C=O) groups is 2. The first-order chi connectivity index (χ1) is 11.5. The Balaban J connectivity index is 1.69. The fourth-order valence-corrected chi connectivity index (χ4v) is 4.14. The molecule has 0 bridgehead atoms. The lowest BCUT2D eigenvalue weighted by molar-refractivity contribution is -0.143. The number of carboxylic acids is 1. The van der Waals surface area contributed by atoms with Crippen molar-refractivity contribution >= 4 is 29.2 Å². The second-order valence-corrected chi connectivity index (χ2v) is 6.96. The molecule has 1 saturated carbocycles. The number of anilines is 1. The average Bonchev–Trinajstić information content (AvgIpc) is 2.90. The standard InChI is InChI=1S/C17H20ClFN2O3/c18-12-8-11(5-6-13(12)19)20-16(22)9-21-14-4-2-1-3-10(14)7-15(21)17(23)24/h5-6,8,10,14-15H,1-4,7,9H2,(H,20,22)(H,23,24). The second-order valence-electron chi connectivity index (χ2n) is 6.55. The maximum Gasteiger partial charge on any atom is 0.320 e. The predicted octanol–water partition coefficient (Wildman–Crippen LogP) is 3.14. The molecule has 1 aromatic rings. The van der Waals surface area contributed by atoms with Gasteiger partial charge in [0.2, 0.25) is 5.91 Å². The number of halogens is 2. The molecule has 5 nitrogen and oxygen atoms in total. The summed E-state index contributed by atoms with van der Waals surface area (Å²) in [4.78, 5) is 25.7. The van der Waals surface area contributed by atoms with Crippen molar-refractivity contribution < 1.29 is 19.1 Å². The maximum absolute atomic E-state index is 13.2. The van der Waals surface area contributed by atoms with Crippen LogP contribution in [0, 0.1) is 11.7 Å². The predicted molar refractivity (Wildman–Crippen MR) is 88.5 cm³/mol. The molecule has 0 aromatic heterocycles. The quantitative estimate of drug-likeness (QED) is 0.871. The number of hydrogen-bond donors (Lipinski definition) is 2. The van der Waals surface area contributed by atoms with Gasteiger partial charge in [-0.05, 0) is 43.4 Å². The van der Waals surface area contributed by atoms with Crippen LogP contribution in [0.25, 0.3) is 0 Å². The third-order valence-corrected chi connectivity index (χ3v) is 5.33. The SMILES string of the molecule is O=C(CN1C(C(=O)O)CC2CCCCC21)Nc1ccc(F)c(Cl)c1. The minimum absolute atomic E-state index is 0.0210. The fourth-order valence-electron chi connectivity index (χ4n) is 3.96. The highest BCUT2D eigenvalue weighted by atomic mass is 35.5. The van der Waals surface area contributed by atoms with E-state index in [2.05, 4.69) is 5.32 Å². The smallest absolute Gasteiger partial charge is 0.320 e. The van der Waals surface area contributed by atoms with Gasteiger partial charge < -0.3 is 10.4 Å². The number of likely N-dealkylation sites (tertiary alicyclic amines) is 1. The van der Waals surface area contributed by atoms with Crippen molar-refractivity contribution in [3.8, 4) is 0 Å². The first-order valence-electron chi connectivity index (χ1n) is 8.19. The van der Waals surface area contributed by atoms with E-state index >= 15 is 0 Å². The lowest BCUT2D eigenvalue weighted by Crippen LogP contribution is -2.46. The van der Waals surface area contributed by atoms with Crippen molar-refractivity contribution in [2.45, 2.75) is 44.2 Å². The molecule has 3 unspecified atom stereocenters. The van der Waals surface area contributed by atoms with E-state index in [1.807, 2.05) is 4.90 Å². The molecular formula is C17H20ClFN2O3. The van der Waals surface area contributed by atoms with E-state index in [9.17, 15) is 19.1 Å². The van der Waals surface area contributed by atoms with Crippen LogP contribution in [-0.4, -0.2) is 40.5 Å². The lowest BCUT2D eigenvalue weighted by Gasteiger charge is -2.32. The summed E-state index contributed by atoms with van der Waals surface area (Å²) in [6.45, 7) is 0.0210. The summed E-state index contributed by atoms with van der Waals surface area (Å²) < 4.78 is 13.2. The Morgan fingerprint density at radius 3 is 2.79 bits per heavy atom. The zero-order chi connectivity index (χ0) is 17.3.